The van der Waals surface area contributed by atoms with Crippen LogP contribution in [0, 0.1) is 0 Å². The first-order valence-corrected chi connectivity index (χ1v) is 8.94. The van der Waals surface area contributed by atoms with Crippen LogP contribution in [0.3, 0.4) is 0 Å². The smallest absolute Gasteiger partial charge is 0.340 e. The molecule has 1 aromatic heterocycles. The lowest BCUT2D eigenvalue weighted by Gasteiger charge is -2.09. The van der Waals surface area contributed by atoms with Crippen LogP contribution < -0.4 is 11.1 Å². The molecule has 4 N–H and O–H groups in total. The minimum absolute atomic E-state index is 0.0269. The molecule has 0 fully saturated rings. The number of fused-ring (bicyclic) bond motifs is 1. The van der Waals surface area contributed by atoms with Crippen LogP contribution in [0.15, 0.2) is 42.6 Å². The van der Waals surface area contributed by atoms with Crippen LogP contribution >= 0.6 is 23.2 Å². The molecule has 140 valence electrons. The summed E-state index contributed by atoms with van der Waals surface area (Å²) in [5, 5.41) is 4.24. The minimum Gasteiger partial charge on any atom is -0.452 e. The zero-order chi connectivity index (χ0) is 19.4. The summed E-state index contributed by atoms with van der Waals surface area (Å²) in [4.78, 5) is 27.2. The molecule has 0 atom stereocenters. The SMILES string of the molecule is Nc1c(Cl)cc(Cl)cc1C(=O)OCC(=O)NCCc1c[nH]c2ccccc12. The van der Waals surface area contributed by atoms with Gasteiger partial charge in [-0.05, 0) is 30.2 Å². The van der Waals surface area contributed by atoms with Gasteiger partial charge in [0.2, 0.25) is 0 Å². The molecule has 1 amide bonds. The topological polar surface area (TPSA) is 97.2 Å². The molecule has 3 rings (SSSR count). The molecule has 6 nitrogen and oxygen atoms in total. The second-order valence-electron chi connectivity index (χ2n) is 5.88. The number of benzene rings is 2. The summed E-state index contributed by atoms with van der Waals surface area (Å²) >= 11 is 11.7. The highest BCUT2D eigenvalue weighted by Gasteiger charge is 2.16. The van der Waals surface area contributed by atoms with Crippen LogP contribution in [0.1, 0.15) is 15.9 Å². The number of nitrogens with two attached hydrogens (primary N) is 1. The van der Waals surface area contributed by atoms with E-state index < -0.39 is 18.5 Å². The van der Waals surface area contributed by atoms with Gasteiger partial charge in [0, 0.05) is 28.7 Å². The molecule has 0 unspecified atom stereocenters. The van der Waals surface area contributed by atoms with Crippen LogP contribution in [0.25, 0.3) is 10.9 Å². The number of carbonyl (C=O) groups is 2. The molecular formula is C19H17Cl2N3O3. The molecule has 0 saturated carbocycles. The van der Waals surface area contributed by atoms with E-state index in [-0.39, 0.29) is 21.3 Å². The van der Waals surface area contributed by atoms with Gasteiger partial charge in [0.15, 0.2) is 6.61 Å². The first-order valence-electron chi connectivity index (χ1n) is 8.19. The third kappa shape index (κ3) is 4.53. The maximum Gasteiger partial charge on any atom is 0.340 e. The van der Waals surface area contributed by atoms with Crippen LogP contribution in [-0.2, 0) is 16.0 Å². The quantitative estimate of drug-likeness (QED) is 0.431. The van der Waals surface area contributed by atoms with E-state index in [1.165, 1.54) is 12.1 Å². The van der Waals surface area contributed by atoms with Gasteiger partial charge in [-0.25, -0.2) is 4.79 Å². The molecule has 0 spiro atoms. The number of amides is 1. The Balaban J connectivity index is 1.49. The fourth-order valence-electron chi connectivity index (χ4n) is 2.69. The van der Waals surface area contributed by atoms with E-state index in [1.807, 2.05) is 30.5 Å². The molecule has 0 aliphatic heterocycles. The van der Waals surface area contributed by atoms with Gasteiger partial charge >= 0.3 is 5.97 Å². The normalized spacial score (nSPS) is 10.7. The molecule has 3 aromatic rings. The Bertz CT molecular complexity index is 1000. The molecule has 0 radical (unpaired) electrons. The molecule has 0 aliphatic rings. The van der Waals surface area contributed by atoms with Gasteiger partial charge in [-0.15, -0.1) is 0 Å². The summed E-state index contributed by atoms with van der Waals surface area (Å²) in [6.07, 6.45) is 2.57. The van der Waals surface area contributed by atoms with Gasteiger partial charge in [-0.3, -0.25) is 4.79 Å². The standard InChI is InChI=1S/C19H17Cl2N3O3/c20-12-7-14(18(22)15(21)8-12)19(26)27-10-17(25)23-6-5-11-9-24-16-4-2-1-3-13(11)16/h1-4,7-9,24H,5-6,10,22H2,(H,23,25). The van der Waals surface area contributed by atoms with Crippen LogP contribution in [0.2, 0.25) is 10.0 Å². The van der Waals surface area contributed by atoms with Crippen molar-refractivity contribution < 1.29 is 14.3 Å². The summed E-state index contributed by atoms with van der Waals surface area (Å²) in [6, 6.07) is 10.7. The minimum atomic E-state index is -0.760. The Labute approximate surface area is 165 Å². The number of halogens is 2. The van der Waals surface area contributed by atoms with Gasteiger partial charge < -0.3 is 20.8 Å². The van der Waals surface area contributed by atoms with Crippen molar-refractivity contribution in [2.45, 2.75) is 6.42 Å². The number of nitrogens with one attached hydrogen (secondary N) is 2. The summed E-state index contributed by atoms with van der Waals surface area (Å²) in [6.45, 7) is -0.000343. The third-order valence-electron chi connectivity index (χ3n) is 4.04. The highest BCUT2D eigenvalue weighted by molar-refractivity contribution is 6.37. The largest absolute Gasteiger partial charge is 0.452 e. The number of para-hydroxylation sites is 1. The number of carbonyl (C=O) groups excluding carboxylic acids is 2. The van der Waals surface area contributed by atoms with E-state index in [4.69, 9.17) is 33.7 Å². The van der Waals surface area contributed by atoms with Crippen LogP contribution in [0.5, 0.6) is 0 Å². The highest BCUT2D eigenvalue weighted by Crippen LogP contribution is 2.28. The first kappa shape index (κ1) is 19.1. The van der Waals surface area contributed by atoms with Crippen molar-refractivity contribution in [2.75, 3.05) is 18.9 Å². The molecule has 8 heteroatoms. The number of ether oxygens (including phenoxy) is 1. The Morgan fingerprint density at radius 2 is 1.96 bits per heavy atom. The zero-order valence-electron chi connectivity index (χ0n) is 14.2. The van der Waals surface area contributed by atoms with E-state index >= 15 is 0 Å². The van der Waals surface area contributed by atoms with Crippen molar-refractivity contribution in [3.8, 4) is 0 Å². The third-order valence-corrected chi connectivity index (χ3v) is 4.57. The number of hydrogen-bond donors (Lipinski definition) is 3. The number of hydrogen-bond acceptors (Lipinski definition) is 4. The van der Waals surface area contributed by atoms with Gasteiger partial charge in [0.25, 0.3) is 5.91 Å². The van der Waals surface area contributed by atoms with Gasteiger partial charge in [0.1, 0.15) is 0 Å². The van der Waals surface area contributed by atoms with Gasteiger partial charge in [-0.2, -0.15) is 0 Å². The lowest BCUT2D eigenvalue weighted by atomic mass is 10.1. The summed E-state index contributed by atoms with van der Waals surface area (Å²) in [5.41, 5.74) is 7.98. The number of rotatable bonds is 6. The number of esters is 1. The molecule has 27 heavy (non-hydrogen) atoms. The molecular weight excluding hydrogens is 389 g/mol. The van der Waals surface area contributed by atoms with Crippen molar-refractivity contribution in [3.05, 3.63) is 63.8 Å². The average Bonchev–Trinajstić information content (AvgIpc) is 3.06. The fraction of sp³-hybridized carbons (Fsp3) is 0.158. The summed E-state index contributed by atoms with van der Waals surface area (Å²) in [7, 11) is 0. The Morgan fingerprint density at radius 3 is 2.78 bits per heavy atom. The lowest BCUT2D eigenvalue weighted by molar-refractivity contribution is -0.124. The Morgan fingerprint density at radius 1 is 1.19 bits per heavy atom. The summed E-state index contributed by atoms with van der Waals surface area (Å²) in [5.74, 6) is -1.17. The van der Waals surface area contributed by atoms with E-state index in [2.05, 4.69) is 10.3 Å². The second kappa shape index (κ2) is 8.33. The highest BCUT2D eigenvalue weighted by atomic mass is 35.5. The van der Waals surface area contributed by atoms with Crippen molar-refractivity contribution in [1.82, 2.24) is 10.3 Å². The zero-order valence-corrected chi connectivity index (χ0v) is 15.7. The number of aromatic nitrogens is 1. The first-order chi connectivity index (χ1) is 13.0. The van der Waals surface area contributed by atoms with Crippen LogP contribution in [-0.4, -0.2) is 30.0 Å². The predicted molar refractivity (Wildman–Crippen MR) is 106 cm³/mol. The second-order valence-corrected chi connectivity index (χ2v) is 6.73. The van der Waals surface area contributed by atoms with E-state index in [0.29, 0.717) is 13.0 Å². The predicted octanol–water partition coefficient (Wildman–Crippen LogP) is 3.57. The monoisotopic (exact) mass is 405 g/mol. The average molecular weight is 406 g/mol. The van der Waals surface area contributed by atoms with Crippen molar-refractivity contribution in [2.24, 2.45) is 0 Å². The van der Waals surface area contributed by atoms with Gasteiger partial charge in [-0.1, -0.05) is 41.4 Å². The van der Waals surface area contributed by atoms with Crippen LogP contribution in [0.4, 0.5) is 5.69 Å². The van der Waals surface area contributed by atoms with Crippen molar-refractivity contribution in [1.29, 1.82) is 0 Å². The summed E-state index contributed by atoms with van der Waals surface area (Å²) < 4.78 is 4.98. The number of H-pyrrole nitrogens is 1. The van der Waals surface area contributed by atoms with Gasteiger partial charge in [0.05, 0.1) is 16.3 Å². The Kier molecular flexibility index (Phi) is 5.88. The molecule has 0 bridgehead atoms. The lowest BCUT2D eigenvalue weighted by Crippen LogP contribution is -2.30. The van der Waals surface area contributed by atoms with E-state index in [1.54, 1.807) is 0 Å². The number of aromatic amines is 1. The van der Waals surface area contributed by atoms with Crippen molar-refractivity contribution in [3.63, 3.8) is 0 Å². The molecule has 2 aromatic carbocycles. The van der Waals surface area contributed by atoms with Crippen molar-refractivity contribution >= 4 is 51.7 Å². The fourth-order valence-corrected chi connectivity index (χ4v) is 3.18. The number of anilines is 1. The molecule has 0 aliphatic carbocycles. The molecule has 0 saturated heterocycles. The molecule has 1 heterocycles. The maximum atomic E-state index is 12.1. The van der Waals surface area contributed by atoms with E-state index in [0.717, 1.165) is 16.5 Å². The number of nitrogen functional groups attached to an aromatic ring is 1. The Hall–Kier alpha value is -2.70. The maximum absolute atomic E-state index is 12.1. The van der Waals surface area contributed by atoms with E-state index in [9.17, 15) is 9.59 Å².